The van der Waals surface area contributed by atoms with Crippen molar-refractivity contribution in [2.24, 2.45) is 0 Å². The van der Waals surface area contributed by atoms with E-state index >= 15 is 0 Å². The van der Waals surface area contributed by atoms with E-state index in [1.807, 2.05) is 19.1 Å². The summed E-state index contributed by atoms with van der Waals surface area (Å²) >= 11 is 3.50. The predicted molar refractivity (Wildman–Crippen MR) is 90.2 cm³/mol. The van der Waals surface area contributed by atoms with Gasteiger partial charge in [0.05, 0.1) is 6.04 Å². The van der Waals surface area contributed by atoms with Gasteiger partial charge in [0.1, 0.15) is 5.82 Å². The molecule has 0 aliphatic heterocycles. The molecule has 0 aromatic heterocycles. The van der Waals surface area contributed by atoms with Gasteiger partial charge in [-0.05, 0) is 73.3 Å². The maximum absolute atomic E-state index is 13.7. The number of hydrogen-bond acceptors (Lipinski definition) is 1. The standard InChI is InChI=1S/C18H21BrFN/c1-4-9-21-18(16-8-6-14(19)10-13(16)3)17-11-15(20)7-5-12(17)2/h5-8,10-11,18,21H,4,9H2,1-3H3. The van der Waals surface area contributed by atoms with Crippen LogP contribution in [-0.4, -0.2) is 6.54 Å². The van der Waals surface area contributed by atoms with E-state index in [-0.39, 0.29) is 11.9 Å². The Morgan fingerprint density at radius 3 is 2.48 bits per heavy atom. The van der Waals surface area contributed by atoms with Crippen molar-refractivity contribution in [1.29, 1.82) is 0 Å². The molecule has 0 saturated heterocycles. The molecule has 0 aliphatic carbocycles. The molecule has 1 nitrogen and oxygen atoms in total. The van der Waals surface area contributed by atoms with E-state index in [9.17, 15) is 4.39 Å². The Bertz CT molecular complexity index is 625. The van der Waals surface area contributed by atoms with Gasteiger partial charge in [-0.25, -0.2) is 4.39 Å². The van der Waals surface area contributed by atoms with Crippen molar-refractivity contribution in [2.75, 3.05) is 6.54 Å². The summed E-state index contributed by atoms with van der Waals surface area (Å²) in [6.07, 6.45) is 1.04. The lowest BCUT2D eigenvalue weighted by molar-refractivity contribution is 0.581. The third-order valence-electron chi connectivity index (χ3n) is 3.69. The van der Waals surface area contributed by atoms with Gasteiger partial charge in [0.2, 0.25) is 0 Å². The molecule has 0 spiro atoms. The van der Waals surface area contributed by atoms with Gasteiger partial charge in [-0.2, -0.15) is 0 Å². The molecule has 0 fully saturated rings. The summed E-state index contributed by atoms with van der Waals surface area (Å²) in [5, 5.41) is 3.55. The van der Waals surface area contributed by atoms with Crippen molar-refractivity contribution >= 4 is 15.9 Å². The molecule has 0 amide bonds. The average Bonchev–Trinajstić information content (AvgIpc) is 2.44. The molecule has 21 heavy (non-hydrogen) atoms. The van der Waals surface area contributed by atoms with Crippen molar-refractivity contribution in [3.05, 3.63) is 68.9 Å². The van der Waals surface area contributed by atoms with E-state index in [1.54, 1.807) is 6.07 Å². The van der Waals surface area contributed by atoms with Crippen LogP contribution in [-0.2, 0) is 0 Å². The van der Waals surface area contributed by atoms with E-state index in [2.05, 4.69) is 47.2 Å². The molecular weight excluding hydrogens is 329 g/mol. The van der Waals surface area contributed by atoms with Crippen LogP contribution in [0.2, 0.25) is 0 Å². The summed E-state index contributed by atoms with van der Waals surface area (Å²) in [5.41, 5.74) is 4.50. The highest BCUT2D eigenvalue weighted by Gasteiger charge is 2.18. The number of halogens is 2. The van der Waals surface area contributed by atoms with E-state index in [1.165, 1.54) is 17.2 Å². The van der Waals surface area contributed by atoms with Crippen LogP contribution in [0.25, 0.3) is 0 Å². The van der Waals surface area contributed by atoms with Gasteiger partial charge in [0, 0.05) is 4.47 Å². The van der Waals surface area contributed by atoms with Gasteiger partial charge in [0.15, 0.2) is 0 Å². The monoisotopic (exact) mass is 349 g/mol. The third kappa shape index (κ3) is 3.92. The summed E-state index contributed by atoms with van der Waals surface area (Å²) in [4.78, 5) is 0. The summed E-state index contributed by atoms with van der Waals surface area (Å²) in [7, 11) is 0. The molecule has 0 radical (unpaired) electrons. The van der Waals surface area contributed by atoms with E-state index in [0.717, 1.165) is 28.6 Å². The first-order valence-electron chi connectivity index (χ1n) is 7.28. The maximum atomic E-state index is 13.7. The van der Waals surface area contributed by atoms with Crippen LogP contribution in [0.1, 0.15) is 41.6 Å². The molecule has 1 unspecified atom stereocenters. The van der Waals surface area contributed by atoms with Crippen LogP contribution in [0.15, 0.2) is 40.9 Å². The minimum Gasteiger partial charge on any atom is -0.306 e. The molecule has 112 valence electrons. The van der Waals surface area contributed by atoms with Gasteiger partial charge in [-0.3, -0.25) is 0 Å². The van der Waals surface area contributed by atoms with Gasteiger partial charge >= 0.3 is 0 Å². The fourth-order valence-corrected chi connectivity index (χ4v) is 3.04. The zero-order valence-corrected chi connectivity index (χ0v) is 14.3. The number of hydrogen-bond donors (Lipinski definition) is 1. The molecule has 2 rings (SSSR count). The van der Waals surface area contributed by atoms with Gasteiger partial charge in [-0.1, -0.05) is 35.0 Å². The first-order chi connectivity index (χ1) is 10.0. The molecule has 1 atom stereocenters. The minimum absolute atomic E-state index is 0.0220. The van der Waals surface area contributed by atoms with Gasteiger partial charge in [-0.15, -0.1) is 0 Å². The maximum Gasteiger partial charge on any atom is 0.123 e. The molecule has 0 heterocycles. The average molecular weight is 350 g/mol. The topological polar surface area (TPSA) is 12.0 Å². The Balaban J connectivity index is 2.49. The number of rotatable bonds is 5. The predicted octanol–water partition coefficient (Wildman–Crippen LogP) is 5.29. The number of benzene rings is 2. The summed E-state index contributed by atoms with van der Waals surface area (Å²) in [6, 6.07) is 11.3. The molecule has 0 saturated carbocycles. The van der Waals surface area contributed by atoms with Crippen LogP contribution in [0, 0.1) is 19.7 Å². The first kappa shape index (κ1) is 16.2. The molecule has 0 aliphatic rings. The molecule has 1 N–H and O–H groups in total. The highest BCUT2D eigenvalue weighted by molar-refractivity contribution is 9.10. The normalized spacial score (nSPS) is 12.4. The second kappa shape index (κ2) is 7.19. The van der Waals surface area contributed by atoms with Crippen LogP contribution in [0.3, 0.4) is 0 Å². The highest BCUT2D eigenvalue weighted by Crippen LogP contribution is 2.29. The summed E-state index contributed by atoms with van der Waals surface area (Å²) in [5.74, 6) is -0.186. The fourth-order valence-electron chi connectivity index (χ4n) is 2.56. The third-order valence-corrected chi connectivity index (χ3v) is 4.19. The zero-order valence-electron chi connectivity index (χ0n) is 12.7. The molecule has 0 bridgehead atoms. The van der Waals surface area contributed by atoms with Crippen LogP contribution >= 0.6 is 15.9 Å². The van der Waals surface area contributed by atoms with Crippen molar-refractivity contribution in [2.45, 2.75) is 33.2 Å². The second-order valence-electron chi connectivity index (χ2n) is 5.39. The van der Waals surface area contributed by atoms with Crippen LogP contribution in [0.4, 0.5) is 4.39 Å². The van der Waals surface area contributed by atoms with E-state index in [4.69, 9.17) is 0 Å². The number of aryl methyl sites for hydroxylation is 2. The first-order valence-corrected chi connectivity index (χ1v) is 8.07. The largest absolute Gasteiger partial charge is 0.306 e. The van der Waals surface area contributed by atoms with Crippen molar-refractivity contribution in [1.82, 2.24) is 5.32 Å². The van der Waals surface area contributed by atoms with Crippen molar-refractivity contribution in [3.8, 4) is 0 Å². The Morgan fingerprint density at radius 1 is 1.05 bits per heavy atom. The van der Waals surface area contributed by atoms with Gasteiger partial charge < -0.3 is 5.32 Å². The Kier molecular flexibility index (Phi) is 5.54. The smallest absolute Gasteiger partial charge is 0.123 e. The van der Waals surface area contributed by atoms with Crippen molar-refractivity contribution in [3.63, 3.8) is 0 Å². The van der Waals surface area contributed by atoms with E-state index in [0.29, 0.717) is 0 Å². The SMILES string of the molecule is CCCNC(c1ccc(Br)cc1C)c1cc(F)ccc1C. The second-order valence-corrected chi connectivity index (χ2v) is 6.30. The summed E-state index contributed by atoms with van der Waals surface area (Å²) < 4.78 is 14.7. The quantitative estimate of drug-likeness (QED) is 0.772. The lowest BCUT2D eigenvalue weighted by atomic mass is 9.92. The Hall–Kier alpha value is -1.19. The Labute approximate surface area is 134 Å². The summed E-state index contributed by atoms with van der Waals surface area (Å²) in [6.45, 7) is 7.16. The van der Waals surface area contributed by atoms with Crippen LogP contribution < -0.4 is 5.32 Å². The zero-order chi connectivity index (χ0) is 15.4. The minimum atomic E-state index is -0.186. The van der Waals surface area contributed by atoms with Crippen LogP contribution in [0.5, 0.6) is 0 Å². The van der Waals surface area contributed by atoms with Gasteiger partial charge in [0.25, 0.3) is 0 Å². The van der Waals surface area contributed by atoms with E-state index < -0.39 is 0 Å². The van der Waals surface area contributed by atoms with Crippen molar-refractivity contribution < 1.29 is 4.39 Å². The highest BCUT2D eigenvalue weighted by atomic mass is 79.9. The lowest BCUT2D eigenvalue weighted by Gasteiger charge is -2.23. The molecule has 2 aromatic carbocycles. The molecular formula is C18H21BrFN. The lowest BCUT2D eigenvalue weighted by Crippen LogP contribution is -2.24. The Morgan fingerprint density at radius 2 is 1.81 bits per heavy atom. The molecule has 2 aromatic rings. The molecule has 3 heteroatoms. The number of nitrogens with one attached hydrogen (secondary N) is 1. The fraction of sp³-hybridized carbons (Fsp3) is 0.333.